The summed E-state index contributed by atoms with van der Waals surface area (Å²) in [6, 6.07) is 8.54. The Hall–Kier alpha value is -1.47. The number of esters is 1. The highest BCUT2D eigenvalue weighted by Crippen LogP contribution is 2.37. The number of rotatable bonds is 4. The number of methoxy groups -OCH3 is 1. The molecular formula is C16H22O6. The first kappa shape index (κ1) is 16.9. The first-order valence-electron chi connectivity index (χ1n) is 7.07. The number of benzene rings is 1. The average molecular weight is 310 g/mol. The number of aliphatic hydroxyl groups excluding tert-OH is 1. The Morgan fingerprint density at radius 3 is 2.41 bits per heavy atom. The molecule has 2 N–H and O–H groups in total. The zero-order valence-corrected chi connectivity index (χ0v) is 13.1. The lowest BCUT2D eigenvalue weighted by atomic mass is 9.89. The number of ether oxygens (including phenoxy) is 3. The van der Waals surface area contributed by atoms with Crippen LogP contribution in [0.5, 0.6) is 0 Å². The van der Waals surface area contributed by atoms with Gasteiger partial charge in [0.05, 0.1) is 5.56 Å². The lowest BCUT2D eigenvalue weighted by Crippen LogP contribution is -2.52. The van der Waals surface area contributed by atoms with Crippen molar-refractivity contribution in [3.8, 4) is 0 Å². The van der Waals surface area contributed by atoms with Gasteiger partial charge >= 0.3 is 5.97 Å². The Bertz CT molecular complexity index is 525. The lowest BCUT2D eigenvalue weighted by molar-refractivity contribution is -0.198. The Morgan fingerprint density at radius 2 is 1.91 bits per heavy atom. The molecular weight excluding hydrogens is 288 g/mol. The Kier molecular flexibility index (Phi) is 4.58. The Balaban J connectivity index is 2.15. The van der Waals surface area contributed by atoms with E-state index in [0.717, 1.165) is 0 Å². The average Bonchev–Trinajstić information content (AvgIpc) is 2.70. The van der Waals surface area contributed by atoms with Crippen LogP contribution >= 0.6 is 0 Å². The number of hydrogen-bond acceptors (Lipinski definition) is 6. The zero-order chi connectivity index (χ0) is 16.5. The van der Waals surface area contributed by atoms with E-state index in [9.17, 15) is 15.0 Å². The molecule has 1 aliphatic rings. The highest BCUT2D eigenvalue weighted by atomic mass is 16.7. The molecule has 1 aromatic rings. The van der Waals surface area contributed by atoms with E-state index in [2.05, 4.69) is 0 Å². The Morgan fingerprint density at radius 1 is 1.32 bits per heavy atom. The molecule has 1 aliphatic heterocycles. The van der Waals surface area contributed by atoms with Gasteiger partial charge in [-0.3, -0.25) is 0 Å². The summed E-state index contributed by atoms with van der Waals surface area (Å²) in [7, 11) is 1.37. The minimum absolute atomic E-state index is 0.401. The lowest BCUT2D eigenvalue weighted by Gasteiger charge is -2.33. The fourth-order valence-corrected chi connectivity index (χ4v) is 2.56. The number of carbonyl (C=O) groups excluding carboxylic acids is 1. The summed E-state index contributed by atoms with van der Waals surface area (Å²) in [6.45, 7) is 4.66. The molecule has 4 atom stereocenters. The van der Waals surface area contributed by atoms with Crippen molar-refractivity contribution in [1.29, 1.82) is 0 Å². The predicted octanol–water partition coefficient (Wildman–Crippen LogP) is 1.11. The van der Waals surface area contributed by atoms with E-state index < -0.39 is 35.7 Å². The van der Waals surface area contributed by atoms with Crippen molar-refractivity contribution < 1.29 is 29.2 Å². The summed E-state index contributed by atoms with van der Waals surface area (Å²) in [5.74, 6) is -0.526. The standard InChI is InChI=1S/C16H22O6/c1-15(2,22-13(18)10-8-6-5-7-9-10)12-11(17)16(3,19)14(20-4)21-12/h5-9,11-12,14,17,19H,1-4H3/t11-,12+,14?,16-/m1/s1. The first-order chi connectivity index (χ1) is 10.2. The van der Waals surface area contributed by atoms with E-state index in [-0.39, 0.29) is 0 Å². The first-order valence-corrected chi connectivity index (χ1v) is 7.07. The highest BCUT2D eigenvalue weighted by Gasteiger charge is 2.58. The Labute approximate surface area is 129 Å². The van der Waals surface area contributed by atoms with Gasteiger partial charge in [-0.15, -0.1) is 0 Å². The molecule has 1 heterocycles. The highest BCUT2D eigenvalue weighted by molar-refractivity contribution is 5.89. The van der Waals surface area contributed by atoms with Crippen molar-refractivity contribution in [2.75, 3.05) is 7.11 Å². The maximum absolute atomic E-state index is 12.2. The summed E-state index contributed by atoms with van der Waals surface area (Å²) in [5, 5.41) is 20.6. The van der Waals surface area contributed by atoms with Crippen LogP contribution in [-0.4, -0.2) is 53.0 Å². The van der Waals surface area contributed by atoms with Crippen LogP contribution in [0.1, 0.15) is 31.1 Å². The fourth-order valence-electron chi connectivity index (χ4n) is 2.56. The van der Waals surface area contributed by atoms with Crippen molar-refractivity contribution in [2.24, 2.45) is 0 Å². The van der Waals surface area contributed by atoms with Crippen LogP contribution < -0.4 is 0 Å². The van der Waals surface area contributed by atoms with E-state index in [0.29, 0.717) is 5.56 Å². The smallest absolute Gasteiger partial charge is 0.338 e. The molecule has 22 heavy (non-hydrogen) atoms. The maximum atomic E-state index is 12.2. The van der Waals surface area contributed by atoms with Crippen molar-refractivity contribution in [3.05, 3.63) is 35.9 Å². The second-order valence-corrected chi connectivity index (χ2v) is 6.15. The molecule has 0 saturated carbocycles. The summed E-state index contributed by atoms with van der Waals surface area (Å²) in [6.07, 6.45) is -3.17. The van der Waals surface area contributed by atoms with Gasteiger partial charge in [-0.05, 0) is 32.9 Å². The molecule has 1 fully saturated rings. The van der Waals surface area contributed by atoms with Gasteiger partial charge < -0.3 is 24.4 Å². The van der Waals surface area contributed by atoms with Gasteiger partial charge in [0, 0.05) is 7.11 Å². The van der Waals surface area contributed by atoms with Crippen molar-refractivity contribution >= 4 is 5.97 Å². The quantitative estimate of drug-likeness (QED) is 0.810. The summed E-state index contributed by atoms with van der Waals surface area (Å²) in [4.78, 5) is 12.2. The second kappa shape index (κ2) is 5.96. The van der Waals surface area contributed by atoms with Crippen LogP contribution in [0.15, 0.2) is 30.3 Å². The van der Waals surface area contributed by atoms with E-state index in [1.165, 1.54) is 14.0 Å². The van der Waals surface area contributed by atoms with Gasteiger partial charge in [-0.2, -0.15) is 0 Å². The van der Waals surface area contributed by atoms with Crippen molar-refractivity contribution in [2.45, 2.75) is 50.5 Å². The molecule has 2 rings (SSSR count). The fraction of sp³-hybridized carbons (Fsp3) is 0.562. The van der Waals surface area contributed by atoms with E-state index >= 15 is 0 Å². The molecule has 1 unspecified atom stereocenters. The van der Waals surface area contributed by atoms with Gasteiger partial charge in [0.1, 0.15) is 23.4 Å². The molecule has 122 valence electrons. The monoisotopic (exact) mass is 310 g/mol. The number of carbonyl (C=O) groups is 1. The van der Waals surface area contributed by atoms with Crippen LogP contribution in [-0.2, 0) is 14.2 Å². The molecule has 1 saturated heterocycles. The summed E-state index contributed by atoms with van der Waals surface area (Å²) in [5.41, 5.74) is -2.34. The largest absolute Gasteiger partial charge is 0.453 e. The minimum atomic E-state index is -1.59. The normalized spacial score (nSPS) is 32.0. The minimum Gasteiger partial charge on any atom is -0.453 e. The van der Waals surface area contributed by atoms with Gasteiger partial charge in [0.2, 0.25) is 0 Å². The topological polar surface area (TPSA) is 85.2 Å². The molecule has 0 amide bonds. The third-order valence-electron chi connectivity index (χ3n) is 3.90. The van der Waals surface area contributed by atoms with Gasteiger partial charge in [0.25, 0.3) is 0 Å². The molecule has 6 heteroatoms. The van der Waals surface area contributed by atoms with Crippen LogP contribution in [0.3, 0.4) is 0 Å². The SMILES string of the molecule is COC1O[C@H](C(C)(C)OC(=O)c2ccccc2)[C@@H](O)[C@@]1(C)O. The third kappa shape index (κ3) is 3.01. The van der Waals surface area contributed by atoms with E-state index in [4.69, 9.17) is 14.2 Å². The molecule has 0 spiro atoms. The van der Waals surface area contributed by atoms with Crippen LogP contribution in [0, 0.1) is 0 Å². The number of aliphatic hydroxyl groups is 2. The van der Waals surface area contributed by atoms with Gasteiger partial charge in [-0.1, -0.05) is 18.2 Å². The molecule has 0 aromatic heterocycles. The summed E-state index contributed by atoms with van der Waals surface area (Å²) >= 11 is 0. The molecule has 0 bridgehead atoms. The molecule has 1 aromatic carbocycles. The van der Waals surface area contributed by atoms with Crippen molar-refractivity contribution in [3.63, 3.8) is 0 Å². The third-order valence-corrected chi connectivity index (χ3v) is 3.90. The summed E-state index contributed by atoms with van der Waals surface area (Å²) < 4.78 is 16.1. The zero-order valence-electron chi connectivity index (χ0n) is 13.1. The van der Waals surface area contributed by atoms with Crippen LogP contribution in [0.4, 0.5) is 0 Å². The second-order valence-electron chi connectivity index (χ2n) is 6.15. The van der Waals surface area contributed by atoms with Crippen molar-refractivity contribution in [1.82, 2.24) is 0 Å². The molecule has 0 radical (unpaired) electrons. The molecule has 6 nitrogen and oxygen atoms in total. The number of hydrogen-bond donors (Lipinski definition) is 2. The molecule has 0 aliphatic carbocycles. The van der Waals surface area contributed by atoms with E-state index in [1.807, 2.05) is 0 Å². The van der Waals surface area contributed by atoms with E-state index in [1.54, 1.807) is 44.2 Å². The predicted molar refractivity (Wildman–Crippen MR) is 78.2 cm³/mol. The van der Waals surface area contributed by atoms with Crippen LogP contribution in [0.2, 0.25) is 0 Å². The van der Waals surface area contributed by atoms with Crippen LogP contribution in [0.25, 0.3) is 0 Å². The maximum Gasteiger partial charge on any atom is 0.338 e. The van der Waals surface area contributed by atoms with Gasteiger partial charge in [-0.25, -0.2) is 4.79 Å². The van der Waals surface area contributed by atoms with Gasteiger partial charge in [0.15, 0.2) is 6.29 Å².